The van der Waals surface area contributed by atoms with Crippen LogP contribution in [0, 0.1) is 12.8 Å². The largest absolute Gasteiger partial charge is 0.299 e. The first-order valence-electron chi connectivity index (χ1n) is 4.78. The van der Waals surface area contributed by atoms with Gasteiger partial charge in [-0.25, -0.2) is 0 Å². The number of benzene rings is 1. The first-order valence-corrected chi connectivity index (χ1v) is 4.78. The first-order chi connectivity index (χ1) is 6.16. The molecule has 0 aromatic heterocycles. The molecule has 0 heterocycles. The summed E-state index contributed by atoms with van der Waals surface area (Å²) >= 11 is 0. The van der Waals surface area contributed by atoms with E-state index in [0.29, 0.717) is 12.2 Å². The van der Waals surface area contributed by atoms with Crippen molar-refractivity contribution in [2.24, 2.45) is 5.92 Å². The molecule has 0 bridgehead atoms. The first kappa shape index (κ1) is 8.49. The van der Waals surface area contributed by atoms with Gasteiger partial charge < -0.3 is 0 Å². The molecule has 0 amide bonds. The summed E-state index contributed by atoms with van der Waals surface area (Å²) < 4.78 is 0. The summed E-state index contributed by atoms with van der Waals surface area (Å²) in [4.78, 5) is 11.4. The fourth-order valence-electron chi connectivity index (χ4n) is 1.92. The number of Topliss-reactive ketones (excluding diaryl/α,β-unsaturated/α-hetero) is 1. The van der Waals surface area contributed by atoms with E-state index in [0.717, 1.165) is 6.42 Å². The lowest BCUT2D eigenvalue weighted by molar-refractivity contribution is -0.122. The fourth-order valence-corrected chi connectivity index (χ4v) is 1.92. The van der Waals surface area contributed by atoms with Gasteiger partial charge in [0.1, 0.15) is 5.78 Å². The van der Waals surface area contributed by atoms with Gasteiger partial charge in [-0.1, -0.05) is 30.7 Å². The highest BCUT2D eigenvalue weighted by Gasteiger charge is 2.21. The number of ketones is 1. The molecule has 1 aliphatic carbocycles. The van der Waals surface area contributed by atoms with Gasteiger partial charge in [-0.2, -0.15) is 0 Å². The molecule has 1 unspecified atom stereocenters. The maximum absolute atomic E-state index is 11.4. The van der Waals surface area contributed by atoms with Crippen LogP contribution in [0.2, 0.25) is 0 Å². The number of hydrogen-bond acceptors (Lipinski definition) is 1. The van der Waals surface area contributed by atoms with E-state index in [1.54, 1.807) is 0 Å². The molecular weight excluding hydrogens is 160 g/mol. The predicted molar refractivity (Wildman–Crippen MR) is 52.8 cm³/mol. The van der Waals surface area contributed by atoms with Crippen LogP contribution in [-0.2, 0) is 17.6 Å². The van der Waals surface area contributed by atoms with Crippen LogP contribution in [0.4, 0.5) is 0 Å². The molecule has 68 valence electrons. The summed E-state index contributed by atoms with van der Waals surface area (Å²) in [6.07, 6.45) is 1.56. The Morgan fingerprint density at radius 3 is 2.85 bits per heavy atom. The normalized spacial score (nSPS) is 21.4. The van der Waals surface area contributed by atoms with E-state index in [1.807, 2.05) is 6.92 Å². The van der Waals surface area contributed by atoms with Crippen molar-refractivity contribution in [3.8, 4) is 0 Å². The quantitative estimate of drug-likeness (QED) is 0.590. The summed E-state index contributed by atoms with van der Waals surface area (Å²) in [6.45, 7) is 4.12. The molecular formula is C12H14O. The van der Waals surface area contributed by atoms with Crippen molar-refractivity contribution in [2.45, 2.75) is 26.7 Å². The molecule has 0 aliphatic heterocycles. The van der Waals surface area contributed by atoms with E-state index in [4.69, 9.17) is 0 Å². The van der Waals surface area contributed by atoms with E-state index in [-0.39, 0.29) is 5.92 Å². The van der Waals surface area contributed by atoms with Crippen LogP contribution in [0.15, 0.2) is 18.2 Å². The zero-order chi connectivity index (χ0) is 9.42. The predicted octanol–water partition coefficient (Wildman–Crippen LogP) is 2.30. The molecule has 1 nitrogen and oxygen atoms in total. The Morgan fingerprint density at radius 1 is 1.31 bits per heavy atom. The van der Waals surface area contributed by atoms with Crippen molar-refractivity contribution in [1.29, 1.82) is 0 Å². The maximum atomic E-state index is 11.4. The lowest BCUT2D eigenvalue weighted by Gasteiger charge is -2.20. The van der Waals surface area contributed by atoms with Crippen LogP contribution in [0.1, 0.15) is 23.6 Å². The third-order valence-electron chi connectivity index (χ3n) is 2.80. The number of hydrogen-bond donors (Lipinski definition) is 0. The average Bonchev–Trinajstić information content (AvgIpc) is 2.08. The van der Waals surface area contributed by atoms with Gasteiger partial charge in [0.15, 0.2) is 0 Å². The van der Waals surface area contributed by atoms with Gasteiger partial charge >= 0.3 is 0 Å². The van der Waals surface area contributed by atoms with Crippen molar-refractivity contribution < 1.29 is 4.79 Å². The van der Waals surface area contributed by atoms with E-state index in [1.165, 1.54) is 16.7 Å². The molecule has 13 heavy (non-hydrogen) atoms. The third kappa shape index (κ3) is 1.51. The van der Waals surface area contributed by atoms with E-state index < -0.39 is 0 Å². The van der Waals surface area contributed by atoms with Crippen molar-refractivity contribution >= 4 is 5.78 Å². The number of carbonyl (C=O) groups excluding carboxylic acids is 1. The summed E-state index contributed by atoms with van der Waals surface area (Å²) in [6, 6.07) is 6.38. The van der Waals surface area contributed by atoms with Gasteiger partial charge in [0.05, 0.1) is 0 Å². The maximum Gasteiger partial charge on any atom is 0.140 e. The molecule has 1 aromatic carbocycles. The standard InChI is InChI=1S/C12H14O/c1-8-3-4-10-7-12(13)9(2)6-11(10)5-8/h3-5,9H,6-7H2,1-2H3. The topological polar surface area (TPSA) is 17.1 Å². The van der Waals surface area contributed by atoms with Gasteiger partial charge in [0.25, 0.3) is 0 Å². The lowest BCUT2D eigenvalue weighted by Crippen LogP contribution is -2.22. The molecule has 0 radical (unpaired) electrons. The minimum atomic E-state index is 0.217. The van der Waals surface area contributed by atoms with Gasteiger partial charge in [0.2, 0.25) is 0 Å². The molecule has 0 N–H and O–H groups in total. The van der Waals surface area contributed by atoms with Crippen LogP contribution in [0.5, 0.6) is 0 Å². The third-order valence-corrected chi connectivity index (χ3v) is 2.80. The minimum Gasteiger partial charge on any atom is -0.299 e. The second-order valence-electron chi connectivity index (χ2n) is 4.02. The monoisotopic (exact) mass is 174 g/mol. The van der Waals surface area contributed by atoms with Gasteiger partial charge in [0, 0.05) is 12.3 Å². The van der Waals surface area contributed by atoms with Gasteiger partial charge in [-0.3, -0.25) is 4.79 Å². The lowest BCUT2D eigenvalue weighted by atomic mass is 9.83. The molecule has 2 rings (SSSR count). The van der Waals surface area contributed by atoms with Crippen LogP contribution < -0.4 is 0 Å². The molecule has 0 saturated carbocycles. The molecule has 0 fully saturated rings. The zero-order valence-electron chi connectivity index (χ0n) is 8.13. The minimum absolute atomic E-state index is 0.217. The van der Waals surface area contributed by atoms with Crippen LogP contribution in [0.25, 0.3) is 0 Å². The number of aryl methyl sites for hydroxylation is 1. The van der Waals surface area contributed by atoms with Crippen LogP contribution >= 0.6 is 0 Å². The second kappa shape index (κ2) is 2.99. The number of rotatable bonds is 0. The Balaban J connectivity index is 2.42. The van der Waals surface area contributed by atoms with Crippen molar-refractivity contribution in [3.63, 3.8) is 0 Å². The molecule has 0 saturated heterocycles. The molecule has 0 spiro atoms. The molecule has 1 aromatic rings. The second-order valence-corrected chi connectivity index (χ2v) is 4.02. The molecule has 1 heteroatoms. The van der Waals surface area contributed by atoms with Crippen LogP contribution in [0.3, 0.4) is 0 Å². The summed E-state index contributed by atoms with van der Waals surface area (Å²) in [5.74, 6) is 0.602. The van der Waals surface area contributed by atoms with Crippen molar-refractivity contribution in [2.75, 3.05) is 0 Å². The number of carbonyl (C=O) groups is 1. The smallest absolute Gasteiger partial charge is 0.140 e. The van der Waals surface area contributed by atoms with Crippen LogP contribution in [-0.4, -0.2) is 5.78 Å². The average molecular weight is 174 g/mol. The van der Waals surface area contributed by atoms with Crippen molar-refractivity contribution in [3.05, 3.63) is 34.9 Å². The summed E-state index contributed by atoms with van der Waals surface area (Å²) in [7, 11) is 0. The van der Waals surface area contributed by atoms with E-state index >= 15 is 0 Å². The Morgan fingerprint density at radius 2 is 2.08 bits per heavy atom. The Bertz CT molecular complexity index is 352. The Labute approximate surface area is 78.8 Å². The highest BCUT2D eigenvalue weighted by Crippen LogP contribution is 2.23. The fraction of sp³-hybridized carbons (Fsp3) is 0.417. The van der Waals surface area contributed by atoms with Gasteiger partial charge in [-0.15, -0.1) is 0 Å². The van der Waals surface area contributed by atoms with E-state index in [9.17, 15) is 4.79 Å². The Hall–Kier alpha value is -1.11. The summed E-state index contributed by atoms with van der Waals surface area (Å²) in [5, 5.41) is 0. The van der Waals surface area contributed by atoms with Crippen molar-refractivity contribution in [1.82, 2.24) is 0 Å². The Kier molecular flexibility index (Phi) is 1.95. The summed E-state index contributed by atoms with van der Waals surface area (Å²) in [5.41, 5.74) is 3.89. The number of fused-ring (bicyclic) bond motifs is 1. The SMILES string of the molecule is Cc1ccc2c(c1)CC(C)C(=O)C2. The van der Waals surface area contributed by atoms with Gasteiger partial charge in [-0.05, 0) is 24.5 Å². The van der Waals surface area contributed by atoms with E-state index in [2.05, 4.69) is 25.1 Å². The zero-order valence-corrected chi connectivity index (χ0v) is 8.13. The molecule has 1 aliphatic rings. The highest BCUT2D eigenvalue weighted by molar-refractivity contribution is 5.85. The molecule has 1 atom stereocenters. The highest BCUT2D eigenvalue weighted by atomic mass is 16.1.